The van der Waals surface area contributed by atoms with Gasteiger partial charge >= 0.3 is 0 Å². The van der Waals surface area contributed by atoms with Gasteiger partial charge in [0.15, 0.2) is 0 Å². The zero-order valence-corrected chi connectivity index (χ0v) is 9.76. The normalized spacial score (nSPS) is 34.7. The lowest BCUT2D eigenvalue weighted by Crippen LogP contribution is -2.39. The zero-order valence-electron chi connectivity index (χ0n) is 9.76. The first-order valence-corrected chi connectivity index (χ1v) is 6.55. The molecule has 2 aliphatic rings. The summed E-state index contributed by atoms with van der Waals surface area (Å²) in [4.78, 5) is 0. The lowest BCUT2D eigenvalue weighted by Gasteiger charge is -2.24. The van der Waals surface area contributed by atoms with Gasteiger partial charge in [-0.2, -0.15) is 0 Å². The van der Waals surface area contributed by atoms with Gasteiger partial charge in [-0.3, -0.25) is 0 Å². The Morgan fingerprint density at radius 1 is 1.21 bits per heavy atom. The van der Waals surface area contributed by atoms with E-state index in [-0.39, 0.29) is 0 Å². The molecule has 0 aromatic heterocycles. The first kappa shape index (κ1) is 10.5. The molecule has 0 aromatic carbocycles. The van der Waals surface area contributed by atoms with Crippen molar-refractivity contribution in [1.82, 2.24) is 5.32 Å². The maximum atomic E-state index is 3.89. The Hall–Kier alpha value is -0.0400. The minimum absolute atomic E-state index is 0.813. The van der Waals surface area contributed by atoms with E-state index in [0.29, 0.717) is 0 Å². The Balaban J connectivity index is 1.74. The Morgan fingerprint density at radius 2 is 2.00 bits per heavy atom. The predicted molar refractivity (Wildman–Crippen MR) is 61.4 cm³/mol. The van der Waals surface area contributed by atoms with Gasteiger partial charge in [0.1, 0.15) is 0 Å². The van der Waals surface area contributed by atoms with Gasteiger partial charge in [0.05, 0.1) is 0 Å². The van der Waals surface area contributed by atoms with E-state index < -0.39 is 0 Å². The van der Waals surface area contributed by atoms with Gasteiger partial charge in [0, 0.05) is 12.1 Å². The molecule has 0 aliphatic heterocycles. The zero-order chi connectivity index (χ0) is 9.97. The molecule has 0 heterocycles. The van der Waals surface area contributed by atoms with Crippen LogP contribution in [-0.4, -0.2) is 12.1 Å². The van der Waals surface area contributed by atoms with Crippen molar-refractivity contribution in [3.63, 3.8) is 0 Å². The third-order valence-corrected chi connectivity index (χ3v) is 4.12. The maximum Gasteiger partial charge on any atom is 0.00952 e. The van der Waals surface area contributed by atoms with Crippen LogP contribution in [0.4, 0.5) is 0 Å². The molecule has 1 heteroatoms. The monoisotopic (exact) mass is 195 g/mol. The molecule has 0 aromatic rings. The van der Waals surface area contributed by atoms with Gasteiger partial charge < -0.3 is 5.32 Å². The number of nitrogens with one attached hydrogen (secondary N) is 1. The molecular formula is C13H25N. The van der Waals surface area contributed by atoms with Crippen molar-refractivity contribution in [2.75, 3.05) is 0 Å². The first-order valence-electron chi connectivity index (χ1n) is 6.55. The van der Waals surface area contributed by atoms with Gasteiger partial charge in [-0.15, -0.1) is 0 Å². The molecule has 1 N–H and O–H groups in total. The van der Waals surface area contributed by atoms with Crippen molar-refractivity contribution >= 4 is 0 Å². The number of hydrogen-bond acceptors (Lipinski definition) is 1. The molecule has 0 spiro atoms. The molecule has 0 amide bonds. The van der Waals surface area contributed by atoms with Crippen molar-refractivity contribution < 1.29 is 0 Å². The largest absolute Gasteiger partial charge is 0.311 e. The van der Waals surface area contributed by atoms with Crippen LogP contribution in [0.15, 0.2) is 0 Å². The summed E-state index contributed by atoms with van der Waals surface area (Å²) < 4.78 is 0. The fourth-order valence-electron chi connectivity index (χ4n) is 2.80. The molecule has 82 valence electrons. The summed E-state index contributed by atoms with van der Waals surface area (Å²) in [5.41, 5.74) is 0. The van der Waals surface area contributed by atoms with Crippen molar-refractivity contribution in [2.24, 2.45) is 11.8 Å². The molecule has 2 aliphatic carbocycles. The molecule has 3 atom stereocenters. The highest BCUT2D eigenvalue weighted by molar-refractivity contribution is 4.86. The summed E-state index contributed by atoms with van der Waals surface area (Å²) >= 11 is 0. The van der Waals surface area contributed by atoms with Crippen LogP contribution in [-0.2, 0) is 0 Å². The van der Waals surface area contributed by atoms with Gasteiger partial charge in [-0.25, -0.2) is 0 Å². The molecule has 2 rings (SSSR count). The van der Waals surface area contributed by atoms with E-state index >= 15 is 0 Å². The molecular weight excluding hydrogens is 170 g/mol. The first-order chi connectivity index (χ1) is 6.79. The molecule has 0 bridgehead atoms. The van der Waals surface area contributed by atoms with Crippen LogP contribution < -0.4 is 5.32 Å². The Morgan fingerprint density at radius 3 is 2.50 bits per heavy atom. The average Bonchev–Trinajstić information content (AvgIpc) is 2.90. The Bertz CT molecular complexity index is 174. The van der Waals surface area contributed by atoms with Crippen molar-refractivity contribution in [2.45, 2.75) is 70.9 Å². The van der Waals surface area contributed by atoms with Crippen molar-refractivity contribution in [3.8, 4) is 0 Å². The number of rotatable bonds is 5. The molecule has 3 unspecified atom stereocenters. The highest BCUT2D eigenvalue weighted by Gasteiger charge is 2.28. The summed E-state index contributed by atoms with van der Waals surface area (Å²) in [5, 5.41) is 3.89. The fraction of sp³-hybridized carbons (Fsp3) is 1.00. The smallest absolute Gasteiger partial charge is 0.00952 e. The highest BCUT2D eigenvalue weighted by atomic mass is 15.0. The van der Waals surface area contributed by atoms with Crippen LogP contribution in [0.3, 0.4) is 0 Å². The Labute approximate surface area is 88.7 Å². The second-order valence-electron chi connectivity index (χ2n) is 5.47. The van der Waals surface area contributed by atoms with Crippen LogP contribution in [0.2, 0.25) is 0 Å². The molecule has 0 radical (unpaired) electrons. The summed E-state index contributed by atoms with van der Waals surface area (Å²) in [5.74, 6) is 1.99. The summed E-state index contributed by atoms with van der Waals surface area (Å²) in [6.45, 7) is 4.74. The topological polar surface area (TPSA) is 12.0 Å². The second kappa shape index (κ2) is 4.65. The summed E-state index contributed by atoms with van der Waals surface area (Å²) in [6.07, 6.45) is 10.1. The second-order valence-corrected chi connectivity index (χ2v) is 5.47. The van der Waals surface area contributed by atoms with E-state index in [1.54, 1.807) is 0 Å². The molecule has 14 heavy (non-hydrogen) atoms. The summed E-state index contributed by atoms with van der Waals surface area (Å²) in [6, 6.07) is 1.65. The van der Waals surface area contributed by atoms with E-state index in [1.807, 2.05) is 0 Å². The molecule has 0 saturated heterocycles. The number of hydrogen-bond donors (Lipinski definition) is 1. The van der Waals surface area contributed by atoms with E-state index in [1.165, 1.54) is 44.9 Å². The standard InChI is InChI=1S/C13H25N/c1-3-12(9-11-7-8-11)14-13-6-4-5-10(13)2/h10-14H,3-9H2,1-2H3. The fourth-order valence-corrected chi connectivity index (χ4v) is 2.80. The van der Waals surface area contributed by atoms with Gasteiger partial charge in [0.25, 0.3) is 0 Å². The minimum atomic E-state index is 0.813. The van der Waals surface area contributed by atoms with Crippen molar-refractivity contribution in [3.05, 3.63) is 0 Å². The van der Waals surface area contributed by atoms with E-state index in [4.69, 9.17) is 0 Å². The van der Waals surface area contributed by atoms with Crippen LogP contribution in [0, 0.1) is 11.8 Å². The van der Waals surface area contributed by atoms with E-state index in [2.05, 4.69) is 19.2 Å². The van der Waals surface area contributed by atoms with Crippen LogP contribution in [0.1, 0.15) is 58.8 Å². The van der Waals surface area contributed by atoms with Crippen LogP contribution in [0.25, 0.3) is 0 Å². The molecule has 2 fully saturated rings. The minimum Gasteiger partial charge on any atom is -0.311 e. The quantitative estimate of drug-likeness (QED) is 0.709. The highest BCUT2D eigenvalue weighted by Crippen LogP contribution is 2.35. The third kappa shape index (κ3) is 2.73. The van der Waals surface area contributed by atoms with E-state index in [0.717, 1.165) is 23.9 Å². The van der Waals surface area contributed by atoms with Crippen molar-refractivity contribution in [1.29, 1.82) is 0 Å². The average molecular weight is 195 g/mol. The molecule has 2 saturated carbocycles. The predicted octanol–water partition coefficient (Wildman–Crippen LogP) is 3.34. The Kier molecular flexibility index (Phi) is 3.48. The van der Waals surface area contributed by atoms with E-state index in [9.17, 15) is 0 Å². The third-order valence-electron chi connectivity index (χ3n) is 4.12. The van der Waals surface area contributed by atoms with Gasteiger partial charge in [0.2, 0.25) is 0 Å². The van der Waals surface area contributed by atoms with Crippen LogP contribution in [0.5, 0.6) is 0 Å². The molecule has 1 nitrogen and oxygen atoms in total. The summed E-state index contributed by atoms with van der Waals surface area (Å²) in [7, 11) is 0. The lowest BCUT2D eigenvalue weighted by molar-refractivity contribution is 0.343. The van der Waals surface area contributed by atoms with Crippen LogP contribution >= 0.6 is 0 Å². The SMILES string of the molecule is CCC(CC1CC1)NC1CCCC1C. The van der Waals surface area contributed by atoms with Gasteiger partial charge in [-0.1, -0.05) is 33.1 Å². The lowest BCUT2D eigenvalue weighted by atomic mass is 10.0. The maximum absolute atomic E-state index is 3.89. The van der Waals surface area contributed by atoms with Gasteiger partial charge in [-0.05, 0) is 37.5 Å².